The van der Waals surface area contributed by atoms with Crippen molar-refractivity contribution < 1.29 is 9.53 Å². The van der Waals surface area contributed by atoms with E-state index in [1.807, 2.05) is 31.2 Å². The van der Waals surface area contributed by atoms with Crippen LogP contribution in [-0.4, -0.2) is 45.4 Å². The second-order valence-corrected chi connectivity index (χ2v) is 6.94. The van der Waals surface area contributed by atoms with E-state index >= 15 is 0 Å². The molecule has 8 heteroatoms. The van der Waals surface area contributed by atoms with Gasteiger partial charge in [0.1, 0.15) is 12.1 Å². The van der Waals surface area contributed by atoms with Crippen LogP contribution in [0.4, 0.5) is 5.82 Å². The molecule has 7 nitrogen and oxygen atoms in total. The van der Waals surface area contributed by atoms with E-state index in [2.05, 4.69) is 20.0 Å². The average Bonchev–Trinajstić information content (AvgIpc) is 3.13. The average molecular weight is 386 g/mol. The highest BCUT2D eigenvalue weighted by Crippen LogP contribution is 2.29. The summed E-state index contributed by atoms with van der Waals surface area (Å²) in [6.45, 7) is 3.67. The second-order valence-electron chi connectivity index (χ2n) is 6.50. The van der Waals surface area contributed by atoms with E-state index in [-0.39, 0.29) is 11.9 Å². The number of hydrogen-bond acceptors (Lipinski definition) is 6. The number of piperidine rings is 1. The Morgan fingerprint density at radius 1 is 1.30 bits per heavy atom. The number of fused-ring (bicyclic) bond motifs is 1. The molecule has 1 aliphatic rings. The third-order valence-corrected chi connectivity index (χ3v) is 5.01. The van der Waals surface area contributed by atoms with Gasteiger partial charge in [-0.25, -0.2) is 14.6 Å². The van der Waals surface area contributed by atoms with Crippen LogP contribution in [0.1, 0.15) is 19.8 Å². The molecule has 0 aliphatic carbocycles. The molecule has 0 N–H and O–H groups in total. The Labute approximate surface area is 161 Å². The van der Waals surface area contributed by atoms with Gasteiger partial charge in [0.25, 0.3) is 0 Å². The maximum absolute atomic E-state index is 12.1. The number of nitrogens with zero attached hydrogens (tertiary/aromatic N) is 5. The van der Waals surface area contributed by atoms with Crippen molar-refractivity contribution in [3.63, 3.8) is 0 Å². The van der Waals surface area contributed by atoms with Gasteiger partial charge >= 0.3 is 5.97 Å². The number of aromatic nitrogens is 4. The third-order valence-electron chi connectivity index (χ3n) is 4.76. The van der Waals surface area contributed by atoms with Gasteiger partial charge in [-0.1, -0.05) is 11.6 Å². The van der Waals surface area contributed by atoms with Crippen molar-refractivity contribution in [2.24, 2.45) is 5.92 Å². The number of benzene rings is 1. The minimum atomic E-state index is -0.135. The Hall–Kier alpha value is -2.67. The number of carbonyl (C=O) groups excluding carboxylic acids is 1. The highest BCUT2D eigenvalue weighted by molar-refractivity contribution is 6.30. The number of hydrogen-bond donors (Lipinski definition) is 0. The van der Waals surface area contributed by atoms with Crippen LogP contribution in [0.2, 0.25) is 5.02 Å². The van der Waals surface area contributed by atoms with E-state index < -0.39 is 0 Å². The molecule has 3 aromatic rings. The van der Waals surface area contributed by atoms with Gasteiger partial charge in [-0.05, 0) is 44.0 Å². The van der Waals surface area contributed by atoms with Crippen molar-refractivity contribution >= 4 is 34.4 Å². The van der Waals surface area contributed by atoms with Crippen LogP contribution in [0, 0.1) is 5.92 Å². The summed E-state index contributed by atoms with van der Waals surface area (Å²) in [4.78, 5) is 23.2. The lowest BCUT2D eigenvalue weighted by Gasteiger charge is -2.32. The zero-order valence-corrected chi connectivity index (χ0v) is 15.8. The fourth-order valence-electron chi connectivity index (χ4n) is 3.48. The Kier molecular flexibility index (Phi) is 4.94. The summed E-state index contributed by atoms with van der Waals surface area (Å²) in [5.41, 5.74) is 1.60. The van der Waals surface area contributed by atoms with Crippen LogP contribution < -0.4 is 4.90 Å². The topological polar surface area (TPSA) is 73.1 Å². The van der Waals surface area contributed by atoms with E-state index in [4.69, 9.17) is 16.3 Å². The first-order chi connectivity index (χ1) is 13.2. The molecule has 0 unspecified atom stereocenters. The zero-order valence-electron chi connectivity index (χ0n) is 15.0. The van der Waals surface area contributed by atoms with Gasteiger partial charge in [-0.3, -0.25) is 4.79 Å². The highest BCUT2D eigenvalue weighted by Gasteiger charge is 2.28. The Morgan fingerprint density at radius 3 is 2.89 bits per heavy atom. The van der Waals surface area contributed by atoms with Crippen LogP contribution >= 0.6 is 11.6 Å². The van der Waals surface area contributed by atoms with Gasteiger partial charge < -0.3 is 9.64 Å². The van der Waals surface area contributed by atoms with Crippen molar-refractivity contribution in [1.29, 1.82) is 0 Å². The SMILES string of the molecule is CCOC(=O)[C@H]1CCCN(c2ncnc3c2cnn3-c2ccc(Cl)cc2)C1. The summed E-state index contributed by atoms with van der Waals surface area (Å²) in [5, 5.41) is 6.02. The molecule has 1 aromatic carbocycles. The molecule has 0 amide bonds. The first-order valence-corrected chi connectivity index (χ1v) is 9.41. The zero-order chi connectivity index (χ0) is 18.8. The molecule has 140 valence electrons. The molecule has 3 heterocycles. The molecule has 0 saturated carbocycles. The Bertz CT molecular complexity index is 956. The van der Waals surface area contributed by atoms with Gasteiger partial charge in [0.15, 0.2) is 5.65 Å². The maximum atomic E-state index is 12.1. The minimum absolute atomic E-state index is 0.130. The molecular formula is C19H20ClN5O2. The summed E-state index contributed by atoms with van der Waals surface area (Å²) in [5.74, 6) is 0.536. The van der Waals surface area contributed by atoms with Crippen LogP contribution in [0.15, 0.2) is 36.8 Å². The quantitative estimate of drug-likeness (QED) is 0.642. The van der Waals surface area contributed by atoms with Gasteiger partial charge in [0.2, 0.25) is 0 Å². The molecule has 2 aromatic heterocycles. The van der Waals surface area contributed by atoms with Crippen molar-refractivity contribution in [2.75, 3.05) is 24.6 Å². The van der Waals surface area contributed by atoms with Gasteiger partial charge in [-0.2, -0.15) is 5.10 Å². The summed E-state index contributed by atoms with van der Waals surface area (Å²) >= 11 is 5.98. The third kappa shape index (κ3) is 3.47. The molecule has 1 saturated heterocycles. The van der Waals surface area contributed by atoms with Crippen LogP contribution in [-0.2, 0) is 9.53 Å². The van der Waals surface area contributed by atoms with Crippen LogP contribution in [0.5, 0.6) is 0 Å². The Morgan fingerprint density at radius 2 is 2.11 bits per heavy atom. The first kappa shape index (κ1) is 17.7. The van der Waals surface area contributed by atoms with Gasteiger partial charge in [0.05, 0.1) is 29.8 Å². The van der Waals surface area contributed by atoms with E-state index in [0.29, 0.717) is 18.2 Å². The molecule has 0 bridgehead atoms. The fraction of sp³-hybridized carbons (Fsp3) is 0.368. The van der Waals surface area contributed by atoms with Crippen molar-refractivity contribution in [3.8, 4) is 5.69 Å². The van der Waals surface area contributed by atoms with E-state index in [0.717, 1.165) is 41.9 Å². The molecule has 0 spiro atoms. The molecular weight excluding hydrogens is 366 g/mol. The number of anilines is 1. The molecule has 1 fully saturated rings. The number of carbonyl (C=O) groups is 1. The molecule has 1 aliphatic heterocycles. The van der Waals surface area contributed by atoms with Gasteiger partial charge in [0, 0.05) is 18.1 Å². The van der Waals surface area contributed by atoms with Crippen LogP contribution in [0.3, 0.4) is 0 Å². The summed E-state index contributed by atoms with van der Waals surface area (Å²) in [7, 11) is 0. The number of rotatable bonds is 4. The summed E-state index contributed by atoms with van der Waals surface area (Å²) in [6, 6.07) is 7.44. The lowest BCUT2D eigenvalue weighted by atomic mass is 9.98. The Balaban J connectivity index is 1.67. The van der Waals surface area contributed by atoms with Crippen LogP contribution in [0.25, 0.3) is 16.7 Å². The van der Waals surface area contributed by atoms with E-state index in [9.17, 15) is 4.79 Å². The molecule has 0 radical (unpaired) electrons. The first-order valence-electron chi connectivity index (χ1n) is 9.03. The van der Waals surface area contributed by atoms with E-state index in [1.165, 1.54) is 0 Å². The lowest BCUT2D eigenvalue weighted by molar-refractivity contribution is -0.148. The minimum Gasteiger partial charge on any atom is -0.466 e. The fourth-order valence-corrected chi connectivity index (χ4v) is 3.60. The molecule has 27 heavy (non-hydrogen) atoms. The molecule has 1 atom stereocenters. The monoisotopic (exact) mass is 385 g/mol. The number of ether oxygens (including phenoxy) is 1. The number of esters is 1. The van der Waals surface area contributed by atoms with Gasteiger partial charge in [-0.15, -0.1) is 0 Å². The summed E-state index contributed by atoms with van der Waals surface area (Å²) < 4.78 is 6.97. The normalized spacial score (nSPS) is 17.3. The summed E-state index contributed by atoms with van der Waals surface area (Å²) in [6.07, 6.45) is 5.07. The maximum Gasteiger partial charge on any atom is 0.310 e. The number of halogens is 1. The van der Waals surface area contributed by atoms with E-state index in [1.54, 1.807) is 17.2 Å². The lowest BCUT2D eigenvalue weighted by Crippen LogP contribution is -2.40. The van der Waals surface area contributed by atoms with Crippen molar-refractivity contribution in [2.45, 2.75) is 19.8 Å². The predicted octanol–water partition coefficient (Wildman–Crippen LogP) is 3.25. The highest BCUT2D eigenvalue weighted by atomic mass is 35.5. The van der Waals surface area contributed by atoms with Crippen molar-refractivity contribution in [3.05, 3.63) is 41.8 Å². The smallest absolute Gasteiger partial charge is 0.310 e. The standard InChI is InChI=1S/C19H20ClN5O2/c1-2-27-19(26)13-4-3-9-24(11-13)17-16-10-23-25(18(16)22-12-21-17)15-7-5-14(20)6-8-15/h5-8,10,12-13H,2-4,9,11H2,1H3/t13-/m0/s1. The predicted molar refractivity (Wildman–Crippen MR) is 103 cm³/mol. The largest absolute Gasteiger partial charge is 0.466 e. The molecule has 4 rings (SSSR count). The van der Waals surface area contributed by atoms with Crippen molar-refractivity contribution in [1.82, 2.24) is 19.7 Å². The second kappa shape index (κ2) is 7.52.